The first-order chi connectivity index (χ1) is 13.8. The number of halogens is 2. The molecule has 2 aromatic rings. The van der Waals surface area contributed by atoms with Crippen LogP contribution in [0.4, 0.5) is 8.78 Å². The molecule has 0 N–H and O–H groups in total. The fraction of sp³-hybridized carbons (Fsp3) is 0.333. The van der Waals surface area contributed by atoms with E-state index in [1.165, 1.54) is 6.20 Å². The Hall–Kier alpha value is -3.34. The summed E-state index contributed by atoms with van der Waals surface area (Å²) in [4.78, 5) is 29.8. The molecule has 0 aromatic carbocycles. The Bertz CT molecular complexity index is 991. The molecule has 0 radical (unpaired) electrons. The molecule has 3 rings (SSSR count). The Labute approximate surface area is 167 Å². The van der Waals surface area contributed by atoms with Gasteiger partial charge in [-0.15, -0.1) is 0 Å². The third-order valence-corrected chi connectivity index (χ3v) is 4.77. The van der Waals surface area contributed by atoms with E-state index in [1.807, 2.05) is 36.2 Å². The van der Waals surface area contributed by atoms with Crippen LogP contribution < -0.4 is 0 Å². The van der Waals surface area contributed by atoms with E-state index in [2.05, 4.69) is 4.98 Å². The van der Waals surface area contributed by atoms with Gasteiger partial charge in [0.25, 0.3) is 5.92 Å². The van der Waals surface area contributed by atoms with Gasteiger partial charge in [-0.25, -0.2) is 8.78 Å². The predicted octanol–water partition coefficient (Wildman–Crippen LogP) is 3.31. The number of likely N-dealkylation sites (tertiary alicyclic amines) is 1. The lowest BCUT2D eigenvalue weighted by atomic mass is 10.0. The SMILES string of the molecule is Cn1ccc(/C=C/c2cnccc2C(=O)CCC(=O)N2CC(F)(F)C[C@H]2C#N)c1. The average Bonchev–Trinajstić information content (AvgIpc) is 3.26. The Morgan fingerprint density at radius 3 is 2.83 bits per heavy atom. The number of nitriles is 1. The molecule has 1 saturated heterocycles. The van der Waals surface area contributed by atoms with Crippen molar-refractivity contribution in [1.82, 2.24) is 14.5 Å². The zero-order valence-corrected chi connectivity index (χ0v) is 15.9. The number of nitrogens with zero attached hydrogens (tertiary/aromatic N) is 4. The summed E-state index contributed by atoms with van der Waals surface area (Å²) in [5.74, 6) is -3.97. The molecule has 1 fully saturated rings. The van der Waals surface area contributed by atoms with Gasteiger partial charge in [0.2, 0.25) is 5.91 Å². The standard InChI is InChI=1S/C21H20F2N4O2/c1-26-9-7-15(13-26)2-3-16-12-25-8-6-18(16)19(28)4-5-20(29)27-14-21(22,23)10-17(27)11-24/h2-3,6-9,12-13,17H,4-5,10,14H2,1H3/b3-2+/t17-/m0/s1. The summed E-state index contributed by atoms with van der Waals surface area (Å²) in [5, 5.41) is 9.00. The highest BCUT2D eigenvalue weighted by atomic mass is 19.3. The smallest absolute Gasteiger partial charge is 0.268 e. The first kappa shape index (κ1) is 20.4. The first-order valence-corrected chi connectivity index (χ1v) is 9.13. The quantitative estimate of drug-likeness (QED) is 0.700. The summed E-state index contributed by atoms with van der Waals surface area (Å²) in [6, 6.07) is 4.07. The van der Waals surface area contributed by atoms with Crippen LogP contribution in [0.5, 0.6) is 0 Å². The molecule has 0 unspecified atom stereocenters. The highest BCUT2D eigenvalue weighted by Gasteiger charge is 2.47. The van der Waals surface area contributed by atoms with Gasteiger partial charge in [-0.1, -0.05) is 12.2 Å². The molecule has 0 aliphatic carbocycles. The number of carbonyl (C=O) groups is 2. The van der Waals surface area contributed by atoms with Gasteiger partial charge in [0, 0.05) is 62.2 Å². The van der Waals surface area contributed by atoms with Crippen LogP contribution in [0.15, 0.2) is 36.9 Å². The van der Waals surface area contributed by atoms with Crippen molar-refractivity contribution in [2.75, 3.05) is 6.54 Å². The highest BCUT2D eigenvalue weighted by Crippen LogP contribution is 2.32. The van der Waals surface area contributed by atoms with Gasteiger partial charge in [0.05, 0.1) is 12.6 Å². The summed E-state index contributed by atoms with van der Waals surface area (Å²) < 4.78 is 28.9. The number of aryl methyl sites for hydroxylation is 1. The van der Waals surface area contributed by atoms with Gasteiger partial charge >= 0.3 is 0 Å². The molecule has 8 heteroatoms. The highest BCUT2D eigenvalue weighted by molar-refractivity contribution is 6.01. The van der Waals surface area contributed by atoms with Crippen LogP contribution >= 0.6 is 0 Å². The number of alkyl halides is 2. The zero-order chi connectivity index (χ0) is 21.0. The van der Waals surface area contributed by atoms with E-state index in [0.717, 1.165) is 10.5 Å². The number of rotatable bonds is 6. The van der Waals surface area contributed by atoms with Crippen LogP contribution in [0.25, 0.3) is 12.2 Å². The van der Waals surface area contributed by atoms with Gasteiger partial charge in [0.15, 0.2) is 5.78 Å². The Balaban J connectivity index is 1.66. The van der Waals surface area contributed by atoms with Crippen molar-refractivity contribution in [2.45, 2.75) is 31.2 Å². The Kier molecular flexibility index (Phi) is 5.87. The normalized spacial score (nSPS) is 18.1. The Morgan fingerprint density at radius 2 is 2.14 bits per heavy atom. The second kappa shape index (κ2) is 8.35. The number of ketones is 1. The molecular formula is C21H20F2N4O2. The van der Waals surface area contributed by atoms with Crippen molar-refractivity contribution >= 4 is 23.8 Å². The lowest BCUT2D eigenvalue weighted by Gasteiger charge is -2.18. The Morgan fingerprint density at radius 1 is 1.34 bits per heavy atom. The summed E-state index contributed by atoms with van der Waals surface area (Å²) in [6.07, 6.45) is 9.46. The van der Waals surface area contributed by atoms with E-state index in [1.54, 1.807) is 24.4 Å². The van der Waals surface area contributed by atoms with Gasteiger partial charge in [-0.3, -0.25) is 14.6 Å². The summed E-state index contributed by atoms with van der Waals surface area (Å²) in [6.45, 7) is -0.779. The average molecular weight is 398 g/mol. The van der Waals surface area contributed by atoms with Crippen LogP contribution in [-0.4, -0.2) is 44.7 Å². The molecule has 1 atom stereocenters. The number of pyridine rings is 1. The van der Waals surface area contributed by atoms with Crippen molar-refractivity contribution in [1.29, 1.82) is 5.26 Å². The number of amides is 1. The zero-order valence-electron chi connectivity index (χ0n) is 15.9. The molecule has 1 amide bonds. The maximum absolute atomic E-state index is 13.5. The van der Waals surface area contributed by atoms with E-state index in [0.29, 0.717) is 11.1 Å². The lowest BCUT2D eigenvalue weighted by molar-refractivity contribution is -0.132. The topological polar surface area (TPSA) is 79.0 Å². The molecule has 3 heterocycles. The van der Waals surface area contributed by atoms with Gasteiger partial charge in [-0.2, -0.15) is 5.26 Å². The van der Waals surface area contributed by atoms with Crippen LogP contribution in [0, 0.1) is 11.3 Å². The summed E-state index contributed by atoms with van der Waals surface area (Å²) >= 11 is 0. The molecule has 29 heavy (non-hydrogen) atoms. The fourth-order valence-electron chi connectivity index (χ4n) is 3.30. The predicted molar refractivity (Wildman–Crippen MR) is 103 cm³/mol. The largest absolute Gasteiger partial charge is 0.357 e. The van der Waals surface area contributed by atoms with Crippen LogP contribution in [0.3, 0.4) is 0 Å². The van der Waals surface area contributed by atoms with Crippen molar-refractivity contribution in [3.8, 4) is 6.07 Å². The van der Waals surface area contributed by atoms with E-state index >= 15 is 0 Å². The van der Waals surface area contributed by atoms with Crippen LogP contribution in [-0.2, 0) is 11.8 Å². The molecular weight excluding hydrogens is 378 g/mol. The first-order valence-electron chi connectivity index (χ1n) is 9.13. The maximum atomic E-state index is 13.5. The van der Waals surface area contributed by atoms with E-state index < -0.39 is 30.8 Å². The number of hydrogen-bond donors (Lipinski definition) is 0. The summed E-state index contributed by atoms with van der Waals surface area (Å²) in [7, 11) is 1.90. The van der Waals surface area contributed by atoms with E-state index in [4.69, 9.17) is 5.26 Å². The second-order valence-corrected chi connectivity index (χ2v) is 7.06. The fourth-order valence-corrected chi connectivity index (χ4v) is 3.30. The minimum Gasteiger partial charge on any atom is -0.357 e. The van der Waals surface area contributed by atoms with Crippen molar-refractivity contribution in [3.63, 3.8) is 0 Å². The molecule has 0 bridgehead atoms. The molecule has 0 saturated carbocycles. The number of aromatic nitrogens is 2. The molecule has 2 aromatic heterocycles. The minimum absolute atomic E-state index is 0.130. The molecule has 0 spiro atoms. The molecule has 1 aliphatic rings. The second-order valence-electron chi connectivity index (χ2n) is 7.06. The number of Topliss-reactive ketones (excluding diaryl/α,β-unsaturated/α-hetero) is 1. The van der Waals surface area contributed by atoms with Gasteiger partial charge < -0.3 is 9.47 Å². The van der Waals surface area contributed by atoms with Gasteiger partial charge in [0.1, 0.15) is 6.04 Å². The molecule has 1 aliphatic heterocycles. The third kappa shape index (κ3) is 4.93. The third-order valence-electron chi connectivity index (χ3n) is 4.77. The minimum atomic E-state index is -3.07. The van der Waals surface area contributed by atoms with Crippen molar-refractivity contribution in [3.05, 3.63) is 53.6 Å². The van der Waals surface area contributed by atoms with E-state index in [-0.39, 0.29) is 18.6 Å². The monoisotopic (exact) mass is 398 g/mol. The summed E-state index contributed by atoms with van der Waals surface area (Å²) in [5.41, 5.74) is 1.97. The van der Waals surface area contributed by atoms with Crippen LogP contribution in [0.1, 0.15) is 40.7 Å². The van der Waals surface area contributed by atoms with E-state index in [9.17, 15) is 18.4 Å². The number of hydrogen-bond acceptors (Lipinski definition) is 4. The van der Waals surface area contributed by atoms with Crippen molar-refractivity contribution < 1.29 is 18.4 Å². The number of carbonyl (C=O) groups excluding carboxylic acids is 2. The molecule has 150 valence electrons. The molecule has 6 nitrogen and oxygen atoms in total. The van der Waals surface area contributed by atoms with Gasteiger partial charge in [-0.05, 0) is 17.7 Å². The lowest BCUT2D eigenvalue weighted by Crippen LogP contribution is -2.36. The van der Waals surface area contributed by atoms with Crippen LogP contribution in [0.2, 0.25) is 0 Å². The maximum Gasteiger partial charge on any atom is 0.268 e. The van der Waals surface area contributed by atoms with Crippen molar-refractivity contribution in [2.24, 2.45) is 7.05 Å².